The third-order valence-electron chi connectivity index (χ3n) is 5.47. The van der Waals surface area contributed by atoms with Gasteiger partial charge in [0, 0.05) is 18.4 Å². The SMILES string of the molecule is CCCNC(=O)N1Cc2ccccc2-n2cccc2[C@H]1c1ccc(OC)c(OC)c1. The van der Waals surface area contributed by atoms with Crippen molar-refractivity contribution in [3.05, 3.63) is 77.6 Å². The molecule has 2 amide bonds. The molecule has 0 spiro atoms. The second-order valence-corrected chi connectivity index (χ2v) is 7.31. The summed E-state index contributed by atoms with van der Waals surface area (Å²) in [5, 5.41) is 3.06. The molecule has 6 heteroatoms. The lowest BCUT2D eigenvalue weighted by Crippen LogP contribution is -2.42. The van der Waals surface area contributed by atoms with Gasteiger partial charge in [0.25, 0.3) is 0 Å². The number of para-hydroxylation sites is 1. The molecule has 1 aliphatic rings. The molecule has 6 nitrogen and oxygen atoms in total. The number of rotatable bonds is 5. The summed E-state index contributed by atoms with van der Waals surface area (Å²) in [7, 11) is 3.24. The number of nitrogens with one attached hydrogen (secondary N) is 1. The van der Waals surface area contributed by atoms with Crippen LogP contribution in [0.5, 0.6) is 11.5 Å². The highest BCUT2D eigenvalue weighted by atomic mass is 16.5. The molecule has 4 rings (SSSR count). The normalized spacial score (nSPS) is 15.0. The molecule has 2 aromatic carbocycles. The second kappa shape index (κ2) is 8.53. The molecule has 0 saturated carbocycles. The monoisotopic (exact) mass is 405 g/mol. The lowest BCUT2D eigenvalue weighted by Gasteiger charge is -2.31. The quantitative estimate of drug-likeness (QED) is 0.679. The topological polar surface area (TPSA) is 55.7 Å². The van der Waals surface area contributed by atoms with Gasteiger partial charge in [-0.3, -0.25) is 0 Å². The Labute approximate surface area is 177 Å². The minimum Gasteiger partial charge on any atom is -0.493 e. The maximum absolute atomic E-state index is 13.3. The van der Waals surface area contributed by atoms with Gasteiger partial charge in [-0.05, 0) is 47.9 Å². The van der Waals surface area contributed by atoms with Gasteiger partial charge < -0.3 is 24.3 Å². The van der Waals surface area contributed by atoms with Crippen LogP contribution in [0.4, 0.5) is 4.79 Å². The Morgan fingerprint density at radius 3 is 2.63 bits per heavy atom. The highest BCUT2D eigenvalue weighted by Crippen LogP contribution is 2.39. The Balaban J connectivity index is 1.88. The van der Waals surface area contributed by atoms with Crippen molar-refractivity contribution >= 4 is 6.03 Å². The molecule has 3 aromatic rings. The van der Waals surface area contributed by atoms with Crippen LogP contribution in [0.1, 0.15) is 36.2 Å². The van der Waals surface area contributed by atoms with E-state index in [1.807, 2.05) is 41.3 Å². The molecule has 1 atom stereocenters. The van der Waals surface area contributed by atoms with E-state index < -0.39 is 0 Å². The zero-order chi connectivity index (χ0) is 21.1. The van der Waals surface area contributed by atoms with Gasteiger partial charge >= 0.3 is 6.03 Å². The number of aromatic nitrogens is 1. The third-order valence-corrected chi connectivity index (χ3v) is 5.47. The second-order valence-electron chi connectivity index (χ2n) is 7.31. The summed E-state index contributed by atoms with van der Waals surface area (Å²) < 4.78 is 13.1. The number of urea groups is 1. The van der Waals surface area contributed by atoms with E-state index in [9.17, 15) is 4.79 Å². The van der Waals surface area contributed by atoms with Crippen molar-refractivity contribution in [2.24, 2.45) is 0 Å². The van der Waals surface area contributed by atoms with Crippen molar-refractivity contribution in [1.82, 2.24) is 14.8 Å². The van der Waals surface area contributed by atoms with Gasteiger partial charge in [0.2, 0.25) is 0 Å². The first kappa shape index (κ1) is 19.9. The zero-order valence-electron chi connectivity index (χ0n) is 17.6. The first-order chi connectivity index (χ1) is 14.7. The predicted molar refractivity (Wildman–Crippen MR) is 116 cm³/mol. The molecule has 0 bridgehead atoms. The summed E-state index contributed by atoms with van der Waals surface area (Å²) in [5.74, 6) is 1.30. The molecule has 0 fully saturated rings. The van der Waals surface area contributed by atoms with E-state index in [0.29, 0.717) is 24.6 Å². The lowest BCUT2D eigenvalue weighted by molar-refractivity contribution is 0.180. The molecule has 30 heavy (non-hydrogen) atoms. The number of amides is 2. The molecule has 156 valence electrons. The number of carbonyl (C=O) groups excluding carboxylic acids is 1. The molecule has 1 aliphatic heterocycles. The van der Waals surface area contributed by atoms with Crippen molar-refractivity contribution < 1.29 is 14.3 Å². The molecule has 0 aliphatic carbocycles. The fourth-order valence-corrected chi connectivity index (χ4v) is 4.05. The fourth-order valence-electron chi connectivity index (χ4n) is 4.05. The molecule has 1 N–H and O–H groups in total. The van der Waals surface area contributed by atoms with E-state index >= 15 is 0 Å². The highest BCUT2D eigenvalue weighted by Gasteiger charge is 2.33. The first-order valence-corrected chi connectivity index (χ1v) is 10.2. The average molecular weight is 405 g/mol. The Hall–Kier alpha value is -3.41. The molecule has 1 aromatic heterocycles. The van der Waals surface area contributed by atoms with E-state index in [1.165, 1.54) is 0 Å². The first-order valence-electron chi connectivity index (χ1n) is 10.2. The van der Waals surface area contributed by atoms with Gasteiger partial charge in [-0.15, -0.1) is 0 Å². The third kappa shape index (κ3) is 3.49. The number of carbonyl (C=O) groups is 1. The largest absolute Gasteiger partial charge is 0.493 e. The maximum atomic E-state index is 13.3. The molecule has 2 heterocycles. The van der Waals surface area contributed by atoms with E-state index in [-0.39, 0.29) is 12.1 Å². The van der Waals surface area contributed by atoms with Crippen molar-refractivity contribution in [1.29, 1.82) is 0 Å². The van der Waals surface area contributed by atoms with Crippen LogP contribution < -0.4 is 14.8 Å². The number of nitrogens with zero attached hydrogens (tertiary/aromatic N) is 2. The van der Waals surface area contributed by atoms with Gasteiger partial charge in [0.1, 0.15) is 0 Å². The van der Waals surface area contributed by atoms with E-state index in [2.05, 4.69) is 41.2 Å². The number of ether oxygens (including phenoxy) is 2. The smallest absolute Gasteiger partial charge is 0.318 e. The van der Waals surface area contributed by atoms with Crippen LogP contribution >= 0.6 is 0 Å². The van der Waals surface area contributed by atoms with Gasteiger partial charge in [-0.1, -0.05) is 31.2 Å². The predicted octanol–water partition coefficient (Wildman–Crippen LogP) is 4.52. The highest BCUT2D eigenvalue weighted by molar-refractivity contribution is 5.76. The van der Waals surface area contributed by atoms with Crippen LogP contribution in [0.25, 0.3) is 5.69 Å². The average Bonchev–Trinajstić information content (AvgIpc) is 3.21. The van der Waals surface area contributed by atoms with Crippen molar-refractivity contribution in [2.45, 2.75) is 25.9 Å². The van der Waals surface area contributed by atoms with Crippen molar-refractivity contribution in [2.75, 3.05) is 20.8 Å². The maximum Gasteiger partial charge on any atom is 0.318 e. The fraction of sp³-hybridized carbons (Fsp3) is 0.292. The van der Waals surface area contributed by atoms with Crippen LogP contribution in [0.2, 0.25) is 0 Å². The van der Waals surface area contributed by atoms with Gasteiger partial charge in [0.05, 0.1) is 32.5 Å². The number of hydrogen-bond donors (Lipinski definition) is 1. The standard InChI is InChI=1S/C24H27N3O3/c1-4-13-25-24(28)27-16-18-8-5-6-9-19(18)26-14-7-10-20(26)23(27)17-11-12-21(29-2)22(15-17)30-3/h5-12,14-15,23H,4,13,16H2,1-3H3,(H,25,28)/t23-/m1/s1. The minimum atomic E-state index is -0.274. The van der Waals surface area contributed by atoms with E-state index in [1.54, 1.807) is 14.2 Å². The number of methoxy groups -OCH3 is 2. The van der Waals surface area contributed by atoms with Gasteiger partial charge in [-0.25, -0.2) is 4.79 Å². The van der Waals surface area contributed by atoms with Crippen LogP contribution in [0.15, 0.2) is 60.8 Å². The zero-order valence-corrected chi connectivity index (χ0v) is 17.6. The molecule has 0 saturated heterocycles. The van der Waals surface area contributed by atoms with Crippen LogP contribution in [-0.4, -0.2) is 36.3 Å². The summed E-state index contributed by atoms with van der Waals surface area (Å²) in [6.07, 6.45) is 2.93. The molecule has 0 radical (unpaired) electrons. The Bertz CT molecular complexity index is 1040. The molecule has 0 unspecified atom stereocenters. The minimum absolute atomic E-state index is 0.0823. The van der Waals surface area contributed by atoms with E-state index in [0.717, 1.165) is 28.9 Å². The van der Waals surface area contributed by atoms with Crippen LogP contribution in [0.3, 0.4) is 0 Å². The Morgan fingerprint density at radius 1 is 1.07 bits per heavy atom. The number of fused-ring (bicyclic) bond motifs is 3. The lowest BCUT2D eigenvalue weighted by atomic mass is 10.0. The summed E-state index contributed by atoms with van der Waals surface area (Å²) in [4.78, 5) is 15.2. The van der Waals surface area contributed by atoms with Crippen LogP contribution in [-0.2, 0) is 6.54 Å². The van der Waals surface area contributed by atoms with E-state index in [4.69, 9.17) is 9.47 Å². The number of hydrogen-bond acceptors (Lipinski definition) is 3. The van der Waals surface area contributed by atoms with Crippen molar-refractivity contribution in [3.8, 4) is 17.2 Å². The summed E-state index contributed by atoms with van der Waals surface area (Å²) >= 11 is 0. The Kier molecular flexibility index (Phi) is 5.65. The van der Waals surface area contributed by atoms with Gasteiger partial charge in [-0.2, -0.15) is 0 Å². The van der Waals surface area contributed by atoms with Crippen molar-refractivity contribution in [3.63, 3.8) is 0 Å². The Morgan fingerprint density at radius 2 is 1.87 bits per heavy atom. The summed E-state index contributed by atoms with van der Waals surface area (Å²) in [6.45, 7) is 3.19. The molecular formula is C24H27N3O3. The van der Waals surface area contributed by atoms with Crippen LogP contribution in [0, 0.1) is 0 Å². The molecular weight excluding hydrogens is 378 g/mol. The van der Waals surface area contributed by atoms with Gasteiger partial charge in [0.15, 0.2) is 11.5 Å². The summed E-state index contributed by atoms with van der Waals surface area (Å²) in [6, 6.07) is 17.8. The summed E-state index contributed by atoms with van der Waals surface area (Å²) in [5.41, 5.74) is 4.18. The number of benzene rings is 2.